The molecule has 0 unspecified atom stereocenters. The molecule has 5 nitrogen and oxygen atoms in total. The zero-order chi connectivity index (χ0) is 26.5. The normalized spacial score (nSPS) is 16.5. The number of alkyl halides is 3. The Morgan fingerprint density at radius 3 is 2.57 bits per heavy atom. The monoisotopic (exact) mass is 504 g/mol. The van der Waals surface area contributed by atoms with Crippen LogP contribution in [0.25, 0.3) is 10.9 Å². The minimum absolute atomic E-state index is 0.0725. The van der Waals surface area contributed by atoms with Crippen LogP contribution in [-0.4, -0.2) is 20.8 Å². The van der Waals surface area contributed by atoms with E-state index in [2.05, 4.69) is 29.9 Å². The molecule has 1 aliphatic rings. The van der Waals surface area contributed by atoms with E-state index in [1.807, 2.05) is 31.2 Å². The molecule has 1 amide bonds. The molecule has 0 aliphatic heterocycles. The summed E-state index contributed by atoms with van der Waals surface area (Å²) in [4.78, 5) is 24.2. The number of halogens is 3. The van der Waals surface area contributed by atoms with Crippen molar-refractivity contribution in [1.29, 1.82) is 0 Å². The van der Waals surface area contributed by atoms with E-state index in [0.717, 1.165) is 34.3 Å². The van der Waals surface area contributed by atoms with Crippen LogP contribution in [0.5, 0.6) is 0 Å². The van der Waals surface area contributed by atoms with E-state index in [0.29, 0.717) is 29.0 Å². The summed E-state index contributed by atoms with van der Waals surface area (Å²) >= 11 is 0. The van der Waals surface area contributed by atoms with Gasteiger partial charge in [0.1, 0.15) is 5.82 Å². The summed E-state index contributed by atoms with van der Waals surface area (Å²) < 4.78 is 39.3. The number of benzene rings is 2. The molecule has 2 heterocycles. The highest BCUT2D eigenvalue weighted by Gasteiger charge is 2.41. The van der Waals surface area contributed by atoms with Gasteiger partial charge < -0.3 is 10.6 Å². The Balaban J connectivity index is 1.57. The number of amides is 1. The first-order chi connectivity index (χ1) is 17.4. The fraction of sp³-hybridized carbons (Fsp3) is 0.276. The summed E-state index contributed by atoms with van der Waals surface area (Å²) in [5.41, 5.74) is 9.50. The smallest absolute Gasteiger partial charge is 0.383 e. The van der Waals surface area contributed by atoms with Gasteiger partial charge in [0.05, 0.1) is 29.4 Å². The van der Waals surface area contributed by atoms with Gasteiger partial charge in [0.2, 0.25) is 0 Å². The van der Waals surface area contributed by atoms with Gasteiger partial charge in [0.15, 0.2) is 0 Å². The number of pyridine rings is 2. The lowest BCUT2D eigenvalue weighted by molar-refractivity contribution is -0.137. The number of anilines is 1. The molecule has 1 atom stereocenters. The van der Waals surface area contributed by atoms with Crippen molar-refractivity contribution >= 4 is 22.6 Å². The molecule has 0 spiro atoms. The van der Waals surface area contributed by atoms with Crippen molar-refractivity contribution in [3.63, 3.8) is 0 Å². The molecule has 0 bridgehead atoms. The van der Waals surface area contributed by atoms with E-state index in [9.17, 15) is 18.0 Å². The van der Waals surface area contributed by atoms with Gasteiger partial charge in [0.25, 0.3) is 5.91 Å². The second-order valence-corrected chi connectivity index (χ2v) is 10.3. The van der Waals surface area contributed by atoms with Crippen LogP contribution in [0, 0.1) is 6.92 Å². The summed E-state index contributed by atoms with van der Waals surface area (Å²) in [5.74, 6) is 0.210. The Hall–Kier alpha value is -3.94. The second-order valence-electron chi connectivity index (χ2n) is 10.3. The minimum atomic E-state index is -4.48. The number of hydrogen-bond acceptors (Lipinski definition) is 4. The van der Waals surface area contributed by atoms with Crippen molar-refractivity contribution in [2.24, 2.45) is 0 Å². The molecular formula is C29H27F3N4O. The largest absolute Gasteiger partial charge is 0.417 e. The molecule has 2 aromatic heterocycles. The van der Waals surface area contributed by atoms with Crippen molar-refractivity contribution in [3.8, 4) is 0 Å². The van der Waals surface area contributed by atoms with Crippen LogP contribution >= 0.6 is 0 Å². The highest BCUT2D eigenvalue weighted by Crippen LogP contribution is 2.48. The molecule has 4 aromatic rings. The molecule has 0 saturated heterocycles. The Kier molecular flexibility index (Phi) is 5.93. The maximum absolute atomic E-state index is 14.1. The molecule has 8 heteroatoms. The van der Waals surface area contributed by atoms with Gasteiger partial charge in [-0.1, -0.05) is 38.1 Å². The number of fused-ring (bicyclic) bond motifs is 2. The summed E-state index contributed by atoms with van der Waals surface area (Å²) in [7, 11) is 0. The van der Waals surface area contributed by atoms with E-state index >= 15 is 0 Å². The van der Waals surface area contributed by atoms with Crippen LogP contribution in [0.3, 0.4) is 0 Å². The molecule has 0 radical (unpaired) electrons. The van der Waals surface area contributed by atoms with Gasteiger partial charge in [0, 0.05) is 17.1 Å². The van der Waals surface area contributed by atoms with Crippen molar-refractivity contribution in [2.45, 2.75) is 51.4 Å². The van der Waals surface area contributed by atoms with Crippen molar-refractivity contribution in [1.82, 2.24) is 14.9 Å². The summed E-state index contributed by atoms with van der Waals surface area (Å²) in [6.45, 7) is 6.21. The number of aryl methyl sites for hydroxylation is 1. The molecule has 2 N–H and O–H groups in total. The Morgan fingerprint density at radius 1 is 1.11 bits per heavy atom. The quantitative estimate of drug-likeness (QED) is 0.340. The zero-order valence-corrected chi connectivity index (χ0v) is 20.8. The molecule has 0 saturated carbocycles. The number of carbonyl (C=O) groups excluding carboxylic acids is 1. The Labute approximate surface area is 213 Å². The third-order valence-electron chi connectivity index (χ3n) is 7.17. The van der Waals surface area contributed by atoms with Crippen LogP contribution in [0.1, 0.15) is 64.6 Å². The fourth-order valence-corrected chi connectivity index (χ4v) is 5.16. The fourth-order valence-electron chi connectivity index (χ4n) is 5.16. The number of aromatic nitrogens is 2. The van der Waals surface area contributed by atoms with Crippen LogP contribution in [0.15, 0.2) is 66.9 Å². The number of nitrogen functional groups attached to an aromatic ring is 1. The van der Waals surface area contributed by atoms with Crippen molar-refractivity contribution in [2.75, 3.05) is 5.73 Å². The topological polar surface area (TPSA) is 72.1 Å². The van der Waals surface area contributed by atoms with Crippen LogP contribution in [0.4, 0.5) is 19.0 Å². The van der Waals surface area contributed by atoms with Gasteiger partial charge in [-0.25, -0.2) is 4.98 Å². The predicted molar refractivity (Wildman–Crippen MR) is 137 cm³/mol. The van der Waals surface area contributed by atoms with Gasteiger partial charge in [-0.2, -0.15) is 13.2 Å². The van der Waals surface area contributed by atoms with E-state index in [1.54, 1.807) is 23.1 Å². The van der Waals surface area contributed by atoms with Crippen LogP contribution in [-0.2, 0) is 18.1 Å². The summed E-state index contributed by atoms with van der Waals surface area (Å²) in [6, 6.07) is 17.3. The number of nitrogens with zero attached hydrogens (tertiary/aromatic N) is 3. The predicted octanol–water partition coefficient (Wildman–Crippen LogP) is 6.60. The molecule has 2 aromatic carbocycles. The van der Waals surface area contributed by atoms with Gasteiger partial charge in [-0.15, -0.1) is 0 Å². The van der Waals surface area contributed by atoms with Crippen LogP contribution < -0.4 is 5.73 Å². The number of carbonyl (C=O) groups is 1. The third kappa shape index (κ3) is 4.63. The standard InChI is InChI=1S/C29H27F3N4O/c1-17-12-19-13-18(8-11-24(19)35-26(17)33)27(37)36(16-21-10-9-20(15-34-21)29(30,31)32)25-14-28(2,3)23-7-5-4-6-22(23)25/h4-13,15,25H,14,16H2,1-3H3,(H2,33,35)/t25-/m1/s1. The average molecular weight is 505 g/mol. The highest BCUT2D eigenvalue weighted by atomic mass is 19.4. The highest BCUT2D eigenvalue weighted by molar-refractivity contribution is 5.98. The zero-order valence-electron chi connectivity index (χ0n) is 20.8. The van der Waals surface area contributed by atoms with Crippen molar-refractivity contribution in [3.05, 3.63) is 100 Å². The lowest BCUT2D eigenvalue weighted by Crippen LogP contribution is -2.34. The molecule has 190 valence electrons. The van der Waals surface area contributed by atoms with Gasteiger partial charge in [-0.05, 0) is 71.8 Å². The molecule has 37 heavy (non-hydrogen) atoms. The third-order valence-corrected chi connectivity index (χ3v) is 7.17. The Morgan fingerprint density at radius 2 is 1.86 bits per heavy atom. The maximum atomic E-state index is 14.1. The van der Waals surface area contributed by atoms with E-state index in [-0.39, 0.29) is 23.9 Å². The lowest BCUT2D eigenvalue weighted by atomic mass is 9.86. The van der Waals surface area contributed by atoms with E-state index in [4.69, 9.17) is 5.73 Å². The molecule has 0 fully saturated rings. The van der Waals surface area contributed by atoms with Gasteiger partial charge in [-0.3, -0.25) is 9.78 Å². The first-order valence-corrected chi connectivity index (χ1v) is 12.0. The van der Waals surface area contributed by atoms with Crippen LogP contribution in [0.2, 0.25) is 0 Å². The first-order valence-electron chi connectivity index (χ1n) is 12.0. The first kappa shape index (κ1) is 24.7. The maximum Gasteiger partial charge on any atom is 0.417 e. The lowest BCUT2D eigenvalue weighted by Gasteiger charge is -2.31. The molecular weight excluding hydrogens is 477 g/mol. The summed E-state index contributed by atoms with van der Waals surface area (Å²) in [6.07, 6.45) is -2.97. The Bertz CT molecular complexity index is 1500. The second kappa shape index (κ2) is 8.87. The number of rotatable bonds is 4. The molecule has 5 rings (SSSR count). The molecule has 1 aliphatic carbocycles. The summed E-state index contributed by atoms with van der Waals surface area (Å²) in [5, 5.41) is 0.789. The van der Waals surface area contributed by atoms with Crippen molar-refractivity contribution < 1.29 is 18.0 Å². The number of nitrogens with two attached hydrogens (primary N) is 1. The van der Waals surface area contributed by atoms with E-state index in [1.165, 1.54) is 6.07 Å². The SMILES string of the molecule is Cc1cc2cc(C(=O)N(Cc3ccc(C(F)(F)F)cn3)[C@@H]3CC(C)(C)c4ccccc43)ccc2nc1N. The average Bonchev–Trinajstić information content (AvgIpc) is 3.13. The minimum Gasteiger partial charge on any atom is -0.383 e. The van der Waals surface area contributed by atoms with Gasteiger partial charge >= 0.3 is 6.18 Å². The van der Waals surface area contributed by atoms with E-state index < -0.39 is 11.7 Å². The number of hydrogen-bond donors (Lipinski definition) is 1.